The lowest BCUT2D eigenvalue weighted by molar-refractivity contribution is 0.141. The summed E-state index contributed by atoms with van der Waals surface area (Å²) in [6.45, 7) is 0. The molecule has 0 N–H and O–H groups in total. The molecule has 0 aliphatic rings. The molecule has 16 heavy (non-hydrogen) atoms. The first-order valence-corrected chi connectivity index (χ1v) is 6.05. The van der Waals surface area contributed by atoms with Crippen LogP contribution in [0.4, 0.5) is 13.2 Å². The van der Waals surface area contributed by atoms with E-state index in [1.165, 1.54) is 0 Å². The summed E-state index contributed by atoms with van der Waals surface area (Å²) >= 11 is 0. The van der Waals surface area contributed by atoms with Crippen LogP contribution in [0, 0.1) is 5.82 Å². The minimum absolute atomic E-state index is 0.520. The Morgan fingerprint density at radius 3 is 2.44 bits per heavy atom. The highest BCUT2D eigenvalue weighted by Crippen LogP contribution is 2.33. The third-order valence-electron chi connectivity index (χ3n) is 1.66. The molecule has 0 radical (unpaired) electrons. The summed E-state index contributed by atoms with van der Waals surface area (Å²) in [5.41, 5.74) is -1.35. The van der Waals surface area contributed by atoms with Gasteiger partial charge in [0.25, 0.3) is 21.4 Å². The van der Waals surface area contributed by atoms with Gasteiger partial charge in [-0.1, -0.05) is 0 Å². The Morgan fingerprint density at radius 1 is 1.50 bits per heavy atom. The number of rotatable bonds is 3. The summed E-state index contributed by atoms with van der Waals surface area (Å²) < 4.78 is 64.4. The second-order valence-corrected chi connectivity index (χ2v) is 5.13. The van der Waals surface area contributed by atoms with E-state index in [1.54, 1.807) is 0 Å². The van der Waals surface area contributed by atoms with Gasteiger partial charge >= 0.3 is 0 Å². The van der Waals surface area contributed by atoms with Gasteiger partial charge in [-0.15, -0.1) is 0 Å². The molecule has 1 heterocycles. The van der Waals surface area contributed by atoms with Crippen LogP contribution in [-0.2, 0) is 9.05 Å². The Bertz CT molecular complexity index is 506. The van der Waals surface area contributed by atoms with Gasteiger partial charge < -0.3 is 4.74 Å². The Balaban J connectivity index is 3.60. The Hall–Kier alpha value is -1.02. The van der Waals surface area contributed by atoms with Crippen molar-refractivity contribution in [3.63, 3.8) is 0 Å². The van der Waals surface area contributed by atoms with Crippen molar-refractivity contribution in [2.45, 2.75) is 11.3 Å². The van der Waals surface area contributed by atoms with E-state index in [0.717, 1.165) is 7.11 Å². The fourth-order valence-electron chi connectivity index (χ4n) is 1.01. The van der Waals surface area contributed by atoms with E-state index in [0.29, 0.717) is 6.20 Å². The smallest absolute Gasteiger partial charge is 0.268 e. The van der Waals surface area contributed by atoms with E-state index in [2.05, 4.69) is 9.72 Å². The number of pyridine rings is 1. The minimum atomic E-state index is -4.49. The normalized spacial score (nSPS) is 11.9. The molecule has 0 bridgehead atoms. The molecule has 0 atom stereocenters. The highest BCUT2D eigenvalue weighted by atomic mass is 35.7. The van der Waals surface area contributed by atoms with Crippen LogP contribution >= 0.6 is 10.7 Å². The minimum Gasteiger partial charge on any atom is -0.479 e. The summed E-state index contributed by atoms with van der Waals surface area (Å²) in [6.07, 6.45) is -2.83. The Labute approximate surface area is 93.4 Å². The van der Waals surface area contributed by atoms with E-state index in [9.17, 15) is 21.6 Å². The first kappa shape index (κ1) is 13.0. The van der Waals surface area contributed by atoms with Crippen LogP contribution in [0.25, 0.3) is 0 Å². The molecule has 1 rings (SSSR count). The molecule has 0 aliphatic heterocycles. The summed E-state index contributed by atoms with van der Waals surface area (Å²) in [6, 6.07) is 0. The molecule has 1 aromatic heterocycles. The molecule has 4 nitrogen and oxygen atoms in total. The molecule has 0 amide bonds. The summed E-state index contributed by atoms with van der Waals surface area (Å²) in [5.74, 6) is -2.27. The van der Waals surface area contributed by atoms with Crippen molar-refractivity contribution in [1.29, 1.82) is 0 Å². The van der Waals surface area contributed by atoms with E-state index in [4.69, 9.17) is 10.7 Å². The first-order valence-electron chi connectivity index (χ1n) is 3.74. The Kier molecular flexibility index (Phi) is 3.64. The zero-order valence-corrected chi connectivity index (χ0v) is 9.32. The average molecular weight is 276 g/mol. The highest BCUT2D eigenvalue weighted by molar-refractivity contribution is 8.13. The van der Waals surface area contributed by atoms with Crippen LogP contribution in [0.3, 0.4) is 0 Å². The van der Waals surface area contributed by atoms with Gasteiger partial charge in [-0.25, -0.2) is 26.6 Å². The predicted molar refractivity (Wildman–Crippen MR) is 48.7 cm³/mol. The van der Waals surface area contributed by atoms with Crippen molar-refractivity contribution in [3.05, 3.63) is 17.6 Å². The van der Waals surface area contributed by atoms with Crippen LogP contribution in [-0.4, -0.2) is 20.5 Å². The van der Waals surface area contributed by atoms with Crippen molar-refractivity contribution in [2.75, 3.05) is 7.11 Å². The lowest BCUT2D eigenvalue weighted by atomic mass is 10.2. The summed E-state index contributed by atoms with van der Waals surface area (Å²) in [4.78, 5) is 2.14. The van der Waals surface area contributed by atoms with Crippen molar-refractivity contribution < 1.29 is 26.3 Å². The zero-order chi connectivity index (χ0) is 12.5. The largest absolute Gasteiger partial charge is 0.479 e. The third-order valence-corrected chi connectivity index (χ3v) is 3.01. The second kappa shape index (κ2) is 4.46. The number of methoxy groups -OCH3 is 1. The topological polar surface area (TPSA) is 56.3 Å². The molecule has 1 aromatic rings. The fourth-order valence-corrected chi connectivity index (χ4v) is 2.00. The van der Waals surface area contributed by atoms with Gasteiger partial charge in [0.05, 0.1) is 18.9 Å². The maximum Gasteiger partial charge on any atom is 0.268 e. The van der Waals surface area contributed by atoms with Crippen LogP contribution in [0.1, 0.15) is 12.0 Å². The van der Waals surface area contributed by atoms with Crippen molar-refractivity contribution in [2.24, 2.45) is 0 Å². The van der Waals surface area contributed by atoms with E-state index < -0.39 is 37.6 Å². The van der Waals surface area contributed by atoms with Gasteiger partial charge in [0.2, 0.25) is 0 Å². The molecule has 0 unspecified atom stereocenters. The van der Waals surface area contributed by atoms with Gasteiger partial charge in [-0.05, 0) is 0 Å². The Morgan fingerprint density at radius 2 is 2.06 bits per heavy atom. The molecule has 9 heteroatoms. The third kappa shape index (κ3) is 2.38. The lowest BCUT2D eigenvalue weighted by Gasteiger charge is -2.09. The standard InChI is InChI=1S/C7H5ClF3NO3S/c1-15-7-5(9)4(6(10)11)3(2-12-7)16(8,13)14/h2,6H,1H3. The molecular weight excluding hydrogens is 271 g/mol. The number of hydrogen-bond acceptors (Lipinski definition) is 4. The molecule has 0 aromatic carbocycles. The molecule has 0 saturated heterocycles. The van der Waals surface area contributed by atoms with E-state index in [-0.39, 0.29) is 0 Å². The van der Waals surface area contributed by atoms with E-state index >= 15 is 0 Å². The van der Waals surface area contributed by atoms with Crippen LogP contribution in [0.5, 0.6) is 5.88 Å². The van der Waals surface area contributed by atoms with Crippen LogP contribution < -0.4 is 4.74 Å². The summed E-state index contributed by atoms with van der Waals surface area (Å²) in [5, 5.41) is 0. The highest BCUT2D eigenvalue weighted by Gasteiger charge is 2.28. The van der Waals surface area contributed by atoms with Crippen LogP contribution in [0.15, 0.2) is 11.1 Å². The number of aromatic nitrogens is 1. The van der Waals surface area contributed by atoms with Gasteiger partial charge in [-0.2, -0.15) is 0 Å². The summed E-state index contributed by atoms with van der Waals surface area (Å²) in [7, 11) is 1.38. The molecule has 0 spiro atoms. The monoisotopic (exact) mass is 275 g/mol. The number of ether oxygens (including phenoxy) is 1. The van der Waals surface area contributed by atoms with Gasteiger partial charge in [0.1, 0.15) is 4.90 Å². The molecule has 0 aliphatic carbocycles. The van der Waals surface area contributed by atoms with Crippen molar-refractivity contribution in [3.8, 4) is 5.88 Å². The van der Waals surface area contributed by atoms with Gasteiger partial charge in [0.15, 0.2) is 5.82 Å². The quantitative estimate of drug-likeness (QED) is 0.793. The zero-order valence-electron chi connectivity index (χ0n) is 7.75. The van der Waals surface area contributed by atoms with Gasteiger partial charge in [-0.3, -0.25) is 0 Å². The predicted octanol–water partition coefficient (Wildman–Crippen LogP) is 2.09. The van der Waals surface area contributed by atoms with Gasteiger partial charge in [0, 0.05) is 10.7 Å². The maximum atomic E-state index is 13.3. The molecule has 0 fully saturated rings. The number of nitrogens with zero attached hydrogens (tertiary/aromatic N) is 1. The van der Waals surface area contributed by atoms with E-state index in [1.807, 2.05) is 0 Å². The number of alkyl halides is 2. The maximum absolute atomic E-state index is 13.3. The average Bonchev–Trinajstić information content (AvgIpc) is 2.15. The SMILES string of the molecule is COc1ncc(S(=O)(=O)Cl)c(C(F)F)c1F. The fraction of sp³-hybridized carbons (Fsp3) is 0.286. The van der Waals surface area contributed by atoms with Crippen molar-refractivity contribution >= 4 is 19.7 Å². The molecule has 0 saturated carbocycles. The lowest BCUT2D eigenvalue weighted by Crippen LogP contribution is -2.06. The molecular formula is C7H5ClF3NO3S. The number of halogens is 4. The van der Waals surface area contributed by atoms with Crippen molar-refractivity contribution in [1.82, 2.24) is 4.98 Å². The number of hydrogen-bond donors (Lipinski definition) is 0. The van der Waals surface area contributed by atoms with Crippen LogP contribution in [0.2, 0.25) is 0 Å². The first-order chi connectivity index (χ1) is 7.29. The second-order valence-electron chi connectivity index (χ2n) is 2.60. The molecule has 90 valence electrons.